The van der Waals surface area contributed by atoms with Crippen molar-refractivity contribution in [2.75, 3.05) is 5.32 Å². The zero-order valence-electron chi connectivity index (χ0n) is 21.4. The molecule has 0 aliphatic rings. The van der Waals surface area contributed by atoms with Gasteiger partial charge in [-0.1, -0.05) is 109 Å². The van der Waals surface area contributed by atoms with Crippen molar-refractivity contribution in [3.8, 4) is 0 Å². The van der Waals surface area contributed by atoms with Gasteiger partial charge in [0.05, 0.1) is 0 Å². The molecule has 0 saturated heterocycles. The van der Waals surface area contributed by atoms with E-state index in [1.807, 2.05) is 0 Å². The second-order valence-corrected chi connectivity index (χ2v) is 9.71. The van der Waals surface area contributed by atoms with Gasteiger partial charge in [-0.05, 0) is 73.6 Å². The molecule has 0 heterocycles. The summed E-state index contributed by atoms with van der Waals surface area (Å²) in [6, 6.07) is 15.9. The van der Waals surface area contributed by atoms with E-state index >= 15 is 0 Å². The zero-order valence-corrected chi connectivity index (χ0v) is 21.4. The third-order valence-corrected chi connectivity index (χ3v) is 6.70. The Morgan fingerprint density at radius 2 is 1.03 bits per heavy atom. The van der Waals surface area contributed by atoms with Gasteiger partial charge in [0.25, 0.3) is 0 Å². The van der Waals surface area contributed by atoms with E-state index in [0.717, 1.165) is 0 Å². The molecule has 32 heavy (non-hydrogen) atoms. The molecule has 0 aliphatic heterocycles. The van der Waals surface area contributed by atoms with Crippen molar-refractivity contribution >= 4 is 11.4 Å². The largest absolute Gasteiger partial charge is 0.356 e. The molecule has 0 fully saturated rings. The van der Waals surface area contributed by atoms with E-state index in [1.165, 1.54) is 131 Å². The minimum Gasteiger partial charge on any atom is -0.356 e. The van der Waals surface area contributed by atoms with Gasteiger partial charge in [0.15, 0.2) is 0 Å². The maximum absolute atomic E-state index is 3.58. The predicted molar refractivity (Wildman–Crippen MR) is 144 cm³/mol. The van der Waals surface area contributed by atoms with Gasteiger partial charge in [-0.25, -0.2) is 0 Å². The number of hydrogen-bond acceptors (Lipinski definition) is 1. The van der Waals surface area contributed by atoms with Crippen LogP contribution in [-0.4, -0.2) is 0 Å². The van der Waals surface area contributed by atoms with Gasteiger partial charge in [-0.2, -0.15) is 0 Å². The SMILES string of the molecule is CCCCCCCCCCCCc1ccc(Nc2ccc(CCCCCC)c(C)c2)cc1. The highest BCUT2D eigenvalue weighted by molar-refractivity contribution is 5.61. The van der Waals surface area contributed by atoms with E-state index in [2.05, 4.69) is 68.6 Å². The normalized spacial score (nSPS) is 11.1. The molecule has 0 unspecified atom stereocenters. The lowest BCUT2D eigenvalue weighted by molar-refractivity contribution is 0.556. The Morgan fingerprint density at radius 1 is 0.531 bits per heavy atom. The number of benzene rings is 2. The third kappa shape index (κ3) is 11.2. The predicted octanol–water partition coefficient (Wildman–Crippen LogP) is 10.3. The molecule has 0 radical (unpaired) electrons. The molecule has 2 aromatic carbocycles. The molecule has 0 atom stereocenters. The molecule has 1 nitrogen and oxygen atoms in total. The molecule has 2 aromatic rings. The second-order valence-electron chi connectivity index (χ2n) is 9.71. The first kappa shape index (κ1) is 26.5. The van der Waals surface area contributed by atoms with Crippen LogP contribution in [-0.2, 0) is 12.8 Å². The van der Waals surface area contributed by atoms with Crippen LogP contribution in [0, 0.1) is 6.92 Å². The molecule has 0 saturated carbocycles. The Kier molecular flexibility index (Phi) is 13.9. The average Bonchev–Trinajstić information content (AvgIpc) is 2.80. The summed E-state index contributed by atoms with van der Waals surface area (Å²) in [6.07, 6.45) is 21.8. The fourth-order valence-electron chi connectivity index (χ4n) is 4.53. The second kappa shape index (κ2) is 16.8. The van der Waals surface area contributed by atoms with Crippen LogP contribution in [0.15, 0.2) is 42.5 Å². The fraction of sp³-hybridized carbons (Fsp3) is 0.613. The number of anilines is 2. The van der Waals surface area contributed by atoms with Crippen molar-refractivity contribution in [2.24, 2.45) is 0 Å². The van der Waals surface area contributed by atoms with Crippen molar-refractivity contribution in [3.05, 3.63) is 59.2 Å². The van der Waals surface area contributed by atoms with E-state index in [4.69, 9.17) is 0 Å². The zero-order chi connectivity index (χ0) is 22.9. The van der Waals surface area contributed by atoms with Crippen LogP contribution in [0.1, 0.15) is 120 Å². The summed E-state index contributed by atoms with van der Waals surface area (Å²) in [5, 5.41) is 3.58. The number of unbranched alkanes of at least 4 members (excludes halogenated alkanes) is 12. The molecule has 178 valence electrons. The van der Waals surface area contributed by atoms with E-state index in [0.29, 0.717) is 0 Å². The van der Waals surface area contributed by atoms with Crippen molar-refractivity contribution in [1.29, 1.82) is 0 Å². The molecule has 0 aliphatic carbocycles. The number of rotatable bonds is 18. The summed E-state index contributed by atoms with van der Waals surface area (Å²) >= 11 is 0. The molecule has 2 rings (SSSR count). The molecule has 0 amide bonds. The minimum absolute atomic E-state index is 1.19. The van der Waals surface area contributed by atoms with Gasteiger partial charge in [0.2, 0.25) is 0 Å². The monoisotopic (exact) mass is 435 g/mol. The van der Waals surface area contributed by atoms with Crippen LogP contribution in [0.2, 0.25) is 0 Å². The lowest BCUT2D eigenvalue weighted by atomic mass is 10.0. The van der Waals surface area contributed by atoms with Crippen LogP contribution in [0.25, 0.3) is 0 Å². The average molecular weight is 436 g/mol. The summed E-state index contributed by atoms with van der Waals surface area (Å²) in [6.45, 7) is 6.81. The van der Waals surface area contributed by atoms with Crippen LogP contribution in [0.4, 0.5) is 11.4 Å². The Morgan fingerprint density at radius 3 is 1.62 bits per heavy atom. The first-order chi connectivity index (χ1) is 15.7. The van der Waals surface area contributed by atoms with Gasteiger partial charge in [-0.15, -0.1) is 0 Å². The summed E-state index contributed by atoms with van der Waals surface area (Å²) in [5.41, 5.74) is 6.76. The summed E-state index contributed by atoms with van der Waals surface area (Å²) in [7, 11) is 0. The molecular formula is C31H49N. The first-order valence-electron chi connectivity index (χ1n) is 13.7. The third-order valence-electron chi connectivity index (χ3n) is 6.70. The van der Waals surface area contributed by atoms with Gasteiger partial charge >= 0.3 is 0 Å². The van der Waals surface area contributed by atoms with Crippen LogP contribution in [0.3, 0.4) is 0 Å². The quantitative estimate of drug-likeness (QED) is 0.230. The Labute approximate surface area is 199 Å². The Hall–Kier alpha value is -1.76. The van der Waals surface area contributed by atoms with Crippen LogP contribution < -0.4 is 5.32 Å². The topological polar surface area (TPSA) is 12.0 Å². The summed E-state index contributed by atoms with van der Waals surface area (Å²) in [5.74, 6) is 0. The van der Waals surface area contributed by atoms with Crippen molar-refractivity contribution in [1.82, 2.24) is 0 Å². The summed E-state index contributed by atoms with van der Waals surface area (Å²) in [4.78, 5) is 0. The fourth-order valence-corrected chi connectivity index (χ4v) is 4.53. The van der Waals surface area contributed by atoms with Crippen LogP contribution in [0.5, 0.6) is 0 Å². The van der Waals surface area contributed by atoms with Crippen molar-refractivity contribution in [2.45, 2.75) is 124 Å². The molecular weight excluding hydrogens is 386 g/mol. The van der Waals surface area contributed by atoms with E-state index in [9.17, 15) is 0 Å². The Bertz CT molecular complexity index is 716. The lowest BCUT2D eigenvalue weighted by Crippen LogP contribution is -1.95. The standard InChI is InChI=1S/C31H49N/c1-4-6-8-10-11-12-13-14-15-16-18-28-20-23-30(24-21-28)32-31-25-22-29(27(3)26-31)19-17-9-7-5-2/h20-26,32H,4-19H2,1-3H3. The smallest absolute Gasteiger partial charge is 0.0387 e. The first-order valence-corrected chi connectivity index (χ1v) is 13.7. The van der Waals surface area contributed by atoms with E-state index in [-0.39, 0.29) is 0 Å². The van der Waals surface area contributed by atoms with Gasteiger partial charge in [0.1, 0.15) is 0 Å². The highest BCUT2D eigenvalue weighted by Gasteiger charge is 2.02. The van der Waals surface area contributed by atoms with E-state index < -0.39 is 0 Å². The van der Waals surface area contributed by atoms with Crippen molar-refractivity contribution < 1.29 is 0 Å². The summed E-state index contributed by atoms with van der Waals surface area (Å²) < 4.78 is 0. The van der Waals surface area contributed by atoms with Crippen LogP contribution >= 0.6 is 0 Å². The highest BCUT2D eigenvalue weighted by atomic mass is 14.9. The maximum Gasteiger partial charge on any atom is 0.0387 e. The lowest BCUT2D eigenvalue weighted by Gasteiger charge is -2.11. The van der Waals surface area contributed by atoms with E-state index in [1.54, 1.807) is 0 Å². The molecule has 0 bridgehead atoms. The minimum atomic E-state index is 1.19. The molecule has 1 N–H and O–H groups in total. The van der Waals surface area contributed by atoms with Gasteiger partial charge in [-0.3, -0.25) is 0 Å². The Balaban J connectivity index is 1.63. The molecule has 0 aromatic heterocycles. The molecule has 0 spiro atoms. The number of aryl methyl sites for hydroxylation is 3. The van der Waals surface area contributed by atoms with Gasteiger partial charge < -0.3 is 5.32 Å². The number of hydrogen-bond donors (Lipinski definition) is 1. The number of nitrogens with one attached hydrogen (secondary N) is 1. The van der Waals surface area contributed by atoms with Gasteiger partial charge in [0, 0.05) is 11.4 Å². The van der Waals surface area contributed by atoms with Crippen molar-refractivity contribution in [3.63, 3.8) is 0 Å². The highest BCUT2D eigenvalue weighted by Crippen LogP contribution is 2.22. The molecule has 1 heteroatoms. The maximum atomic E-state index is 3.58.